The molecule has 8 rings (SSSR count). The van der Waals surface area contributed by atoms with Crippen LogP contribution < -0.4 is 0 Å². The van der Waals surface area contributed by atoms with Crippen LogP contribution in [0, 0.1) is 6.85 Å². The third-order valence-corrected chi connectivity index (χ3v) is 11.7. The topological polar surface area (TPSA) is 50.9 Å². The van der Waals surface area contributed by atoms with E-state index < -0.39 is 159 Å². The van der Waals surface area contributed by atoms with Crippen LogP contribution in [0.3, 0.4) is 0 Å². The van der Waals surface area contributed by atoms with E-state index in [0.717, 1.165) is 5.56 Å². The highest BCUT2D eigenvalue weighted by molar-refractivity contribution is 5.98. The number of imidazole rings is 1. The van der Waals surface area contributed by atoms with E-state index >= 15 is 0 Å². The molecule has 0 radical (unpaired) electrons. The molecule has 0 amide bonds. The van der Waals surface area contributed by atoms with Crippen LogP contribution in [-0.2, 0) is 27.1 Å². The number of rotatable bonds is 6. The Morgan fingerprint density at radius 3 is 1.88 bits per heavy atom. The van der Waals surface area contributed by atoms with E-state index in [4.69, 9.17) is 46.1 Å². The first-order valence-corrected chi connectivity index (χ1v) is 21.3. The van der Waals surface area contributed by atoms with Crippen LogP contribution in [0.5, 0.6) is 5.75 Å². The lowest BCUT2D eigenvalue weighted by molar-refractivity contribution is 0.446. The molecule has 67 heavy (non-hydrogen) atoms. The molecule has 0 spiro atoms. The molecule has 1 N–H and O–H groups in total. The Bertz CT molecular complexity index is 4350. The van der Waals surface area contributed by atoms with Crippen LogP contribution in [0.15, 0.2) is 134 Å². The van der Waals surface area contributed by atoms with Crippen LogP contribution in [0.4, 0.5) is 0 Å². The molecule has 4 nitrogen and oxygen atoms in total. The van der Waals surface area contributed by atoms with Gasteiger partial charge < -0.3 is 5.11 Å². The van der Waals surface area contributed by atoms with E-state index in [-0.39, 0.29) is 50.7 Å². The summed E-state index contributed by atoms with van der Waals surface area (Å²) in [6.07, 6.45) is 1.19. The SMILES string of the molecule is [2H]c1c([2H])c(C(C([2H])([2H])[2H])(C([2H])([2H])[2H])C([2H])([2H])[2H])c(C([2H])([2H])[2H])c([2H])c1-c1ccnc(-c2cc(-c3cccc4c3nc(-c3cc(C(C([2H])([2H])[2H])(C([2H])([2H])[2H])C([2H])([2H])[2H])cc(C(C([2H])([2H])[2H])(C([2H])([2H])[2H])C([2H])([2H])[2H])c3O)n4-c3ccc(C(C)(C)C)cc3-c3ccccc3)cc(C(C)(C)C)c2)c1. The van der Waals surface area contributed by atoms with Crippen LogP contribution in [-0.4, -0.2) is 19.6 Å². The van der Waals surface area contributed by atoms with Crippen molar-refractivity contribution in [2.75, 3.05) is 0 Å². The molecule has 8 aromatic rings. The van der Waals surface area contributed by atoms with Crippen molar-refractivity contribution in [2.24, 2.45) is 0 Å². The van der Waals surface area contributed by atoms with Gasteiger partial charge in [0.05, 0.1) is 32.1 Å². The molecule has 4 heteroatoms. The van der Waals surface area contributed by atoms with Crippen molar-refractivity contribution in [3.63, 3.8) is 0 Å². The van der Waals surface area contributed by atoms with Gasteiger partial charge in [-0.3, -0.25) is 9.55 Å². The van der Waals surface area contributed by atoms with Crippen molar-refractivity contribution >= 4 is 11.0 Å². The van der Waals surface area contributed by atoms with Crippen LogP contribution in [0.25, 0.3) is 72.7 Å². The van der Waals surface area contributed by atoms with Gasteiger partial charge in [0.25, 0.3) is 0 Å². The molecule has 0 aliphatic rings. The zero-order valence-corrected chi connectivity index (χ0v) is 37.8. The molecule has 0 saturated carbocycles. The first kappa shape index (κ1) is 21.4. The maximum Gasteiger partial charge on any atom is 0.149 e. The number of benzene rings is 6. The maximum atomic E-state index is 13.2. The Morgan fingerprint density at radius 1 is 0.522 bits per heavy atom. The van der Waals surface area contributed by atoms with Gasteiger partial charge in [0.15, 0.2) is 0 Å². The first-order valence-electron chi connectivity index (χ1n) is 37.8. The van der Waals surface area contributed by atoms with Gasteiger partial charge in [-0.1, -0.05) is 182 Å². The number of aromatic nitrogens is 3. The minimum atomic E-state index is -4.27. The molecule has 0 aliphatic carbocycles. The molecule has 0 saturated heterocycles. The van der Waals surface area contributed by atoms with Gasteiger partial charge in [0.1, 0.15) is 11.6 Å². The number of nitrogens with zero attached hydrogens (tertiary/aromatic N) is 3. The standard InChI is InChI=1S/C63H71N3O/c1-39-31-41(25-27-51(39)62(11,12)13)42-29-30-64-53(35-42)44-32-43(33-46(34-44)60(5,6)7)48-23-20-24-55-56(48)65-58(50-37-47(61(8,9)10)38-52(57(50)67)63(14,15)16)66(55)54-28-26-45(59(2,3)4)36-49(54)40-21-18-17-19-22-40/h17-38,67H,1-16H3/i1D3,8D3,9D3,10D3,11D3,12D3,13D3,14D3,15D3,16D3,25D,27D,31D. The van der Waals surface area contributed by atoms with E-state index in [2.05, 4.69) is 4.98 Å². The lowest BCUT2D eigenvalue weighted by Gasteiger charge is -2.28. The van der Waals surface area contributed by atoms with Gasteiger partial charge in [-0.25, -0.2) is 4.98 Å². The maximum absolute atomic E-state index is 13.2. The molecule has 0 atom stereocenters. The van der Waals surface area contributed by atoms with Crippen molar-refractivity contribution in [1.29, 1.82) is 0 Å². The lowest BCUT2D eigenvalue weighted by atomic mass is 9.79. The summed E-state index contributed by atoms with van der Waals surface area (Å²) in [4.78, 5) is 9.73. The predicted molar refractivity (Wildman–Crippen MR) is 286 cm³/mol. The number of phenolic OH excluding ortho intramolecular Hbond substituents is 1. The third kappa shape index (κ3) is 9.38. The average molecular weight is 919 g/mol. The van der Waals surface area contributed by atoms with Crippen LogP contribution >= 0.6 is 0 Å². The molecule has 0 unspecified atom stereocenters. The molecule has 6 aromatic carbocycles. The molecular weight excluding hydrogens is 815 g/mol. The van der Waals surface area contributed by atoms with Crippen molar-refractivity contribution in [3.8, 4) is 67.5 Å². The number of hydrogen-bond acceptors (Lipinski definition) is 3. The Labute approximate surface area is 447 Å². The summed E-state index contributed by atoms with van der Waals surface area (Å²) in [5.74, 6) is -2.08. The van der Waals surface area contributed by atoms with Gasteiger partial charge in [-0.05, 0) is 133 Å². The number of phenols is 1. The normalized spacial score (nSPS) is 22.0. The summed E-state index contributed by atoms with van der Waals surface area (Å²) in [5, 5.41) is 13.2. The summed E-state index contributed by atoms with van der Waals surface area (Å²) in [6.45, 7) is -29.9. The highest BCUT2D eigenvalue weighted by Crippen LogP contribution is 2.46. The Balaban J connectivity index is 1.59. The predicted octanol–water partition coefficient (Wildman–Crippen LogP) is 17.3. The number of hydrogen-bond donors (Lipinski definition) is 1. The van der Waals surface area contributed by atoms with Crippen molar-refractivity contribution < 1.29 is 50.3 Å². The van der Waals surface area contributed by atoms with Gasteiger partial charge in [0.2, 0.25) is 0 Å². The minimum absolute atomic E-state index is 0.0121. The van der Waals surface area contributed by atoms with Gasteiger partial charge in [-0.15, -0.1) is 0 Å². The zero-order chi connectivity index (χ0) is 76.2. The van der Waals surface area contributed by atoms with Crippen LogP contribution in [0.1, 0.15) is 182 Å². The van der Waals surface area contributed by atoms with Crippen molar-refractivity contribution in [1.82, 2.24) is 14.5 Å². The molecule has 0 bridgehead atoms. The third-order valence-electron chi connectivity index (χ3n) is 11.7. The molecule has 2 heterocycles. The second-order valence-corrected chi connectivity index (χ2v) is 18.9. The smallest absolute Gasteiger partial charge is 0.149 e. The van der Waals surface area contributed by atoms with E-state index in [9.17, 15) is 9.22 Å². The zero-order valence-electron chi connectivity index (χ0n) is 70.8. The van der Waals surface area contributed by atoms with E-state index in [1.54, 1.807) is 72.8 Å². The fourth-order valence-electron chi connectivity index (χ4n) is 8.05. The summed E-state index contributed by atoms with van der Waals surface area (Å²) >= 11 is 0. The van der Waals surface area contributed by atoms with E-state index in [1.165, 1.54) is 29.0 Å². The van der Waals surface area contributed by atoms with E-state index in [0.29, 0.717) is 22.8 Å². The van der Waals surface area contributed by atoms with Gasteiger partial charge in [0, 0.05) is 69.6 Å². The number of para-hydroxylation sites is 1. The lowest BCUT2D eigenvalue weighted by Crippen LogP contribution is -2.17. The highest BCUT2D eigenvalue weighted by Gasteiger charge is 2.30. The summed E-state index contributed by atoms with van der Waals surface area (Å²) in [5.41, 5.74) is -18.4. The van der Waals surface area contributed by atoms with Gasteiger partial charge in [-0.2, -0.15) is 0 Å². The number of aromatic hydroxyl groups is 1. The van der Waals surface area contributed by atoms with Crippen LogP contribution in [0.2, 0.25) is 0 Å². The van der Waals surface area contributed by atoms with Crippen molar-refractivity contribution in [3.05, 3.63) is 167 Å². The monoisotopic (exact) mass is 919 g/mol. The number of fused-ring (bicyclic) bond motifs is 1. The Hall–Kier alpha value is -6.26. The Morgan fingerprint density at radius 2 is 1.19 bits per heavy atom. The molecule has 344 valence electrons. The van der Waals surface area contributed by atoms with Crippen molar-refractivity contribution in [2.45, 2.75) is 137 Å². The number of pyridine rings is 1. The first-order chi connectivity index (χ1) is 44.9. The fraction of sp³-hybridized carbons (Fsp3) is 0.333. The quantitative estimate of drug-likeness (QED) is 0.181. The average Bonchev–Trinajstić information content (AvgIpc) is 0.741. The summed E-state index contributed by atoms with van der Waals surface area (Å²) < 4.78 is 289. The minimum Gasteiger partial charge on any atom is -0.507 e. The molecule has 0 aliphatic heterocycles. The van der Waals surface area contributed by atoms with E-state index in [1.807, 2.05) is 47.6 Å². The molecule has 0 fully saturated rings. The van der Waals surface area contributed by atoms with Gasteiger partial charge >= 0.3 is 0 Å². The summed E-state index contributed by atoms with van der Waals surface area (Å²) in [7, 11) is 0. The molecular formula is C63H71N3O. The largest absolute Gasteiger partial charge is 0.507 e. The fourth-order valence-corrected chi connectivity index (χ4v) is 8.05. The Kier molecular flexibility index (Phi) is 5.36. The molecule has 2 aromatic heterocycles. The summed E-state index contributed by atoms with van der Waals surface area (Å²) in [6, 6.07) is 23.2. The second kappa shape index (κ2) is 16.8. The second-order valence-electron chi connectivity index (χ2n) is 18.9. The highest BCUT2D eigenvalue weighted by atomic mass is 16.3.